The summed E-state index contributed by atoms with van der Waals surface area (Å²) in [6.07, 6.45) is 8.85. The van der Waals surface area contributed by atoms with E-state index >= 15 is 0 Å². The fraction of sp³-hybridized carbons (Fsp3) is 1.00. The molecule has 0 rings (SSSR count). The van der Waals surface area contributed by atoms with Gasteiger partial charge in [-0.15, -0.1) is 14.3 Å². The van der Waals surface area contributed by atoms with Gasteiger partial charge in [0.25, 0.3) is 0 Å². The van der Waals surface area contributed by atoms with Crippen molar-refractivity contribution < 1.29 is 0 Å². The lowest BCUT2D eigenvalue weighted by atomic mass is 10.7. The van der Waals surface area contributed by atoms with Gasteiger partial charge in [-0.25, -0.2) is 0 Å². The predicted molar refractivity (Wildman–Crippen MR) is 161 cm³/mol. The first-order chi connectivity index (χ1) is 8.95. The van der Waals surface area contributed by atoms with Crippen molar-refractivity contribution in [3.05, 3.63) is 0 Å². The largest absolute Gasteiger partial charge is 0.333 e. The van der Waals surface area contributed by atoms with Gasteiger partial charge in [-0.1, -0.05) is 0 Å². The van der Waals surface area contributed by atoms with Gasteiger partial charge in [-0.3, -0.25) is 134 Å². The SMILES string of the molecule is CC[P+](CC)(CC[P+](CC)(CC)[B-](I)(I)I)[B-](I)(I)I. The molecule has 0 aromatic heterocycles. The van der Waals surface area contributed by atoms with E-state index in [1.807, 2.05) is 0 Å². The molecule has 0 saturated heterocycles. The molecule has 20 heavy (non-hydrogen) atoms. The van der Waals surface area contributed by atoms with E-state index in [1.54, 1.807) is 12.3 Å². The fourth-order valence-corrected chi connectivity index (χ4v) is 29.4. The number of rotatable bonds is 9. The fourth-order valence-electron chi connectivity index (χ4n) is 2.60. The van der Waals surface area contributed by atoms with Gasteiger partial charge in [-0.05, 0) is 27.7 Å². The summed E-state index contributed by atoms with van der Waals surface area (Å²) in [5.74, 6) is 0. The van der Waals surface area contributed by atoms with Crippen LogP contribution in [-0.4, -0.2) is 35.8 Å². The van der Waals surface area contributed by atoms with Gasteiger partial charge in [0.15, 0.2) is 0 Å². The van der Waals surface area contributed by atoms with Gasteiger partial charge in [0.05, 0.1) is 12.3 Å². The van der Waals surface area contributed by atoms with Crippen LogP contribution in [0.15, 0.2) is 0 Å². The van der Waals surface area contributed by atoms with E-state index in [1.165, 1.54) is 24.6 Å². The maximum atomic E-state index is 2.79. The van der Waals surface area contributed by atoms with Crippen LogP contribution in [0.2, 0.25) is 0 Å². The lowest BCUT2D eigenvalue weighted by Gasteiger charge is -2.45. The Labute approximate surface area is 207 Å². The lowest BCUT2D eigenvalue weighted by Crippen LogP contribution is -2.29. The number of hydrogen-bond donors (Lipinski definition) is 0. The van der Waals surface area contributed by atoms with Crippen molar-refractivity contribution in [2.75, 3.05) is 37.0 Å². The van der Waals surface area contributed by atoms with Crippen molar-refractivity contribution >= 4 is 147 Å². The van der Waals surface area contributed by atoms with Gasteiger partial charge >= 0.3 is -1.13 Å². The smallest absolute Gasteiger partial charge is 0.268 e. The molecular weight excluding hydrogens is 965 g/mol. The maximum absolute atomic E-state index is 2.79. The Balaban J connectivity index is 5.29. The van der Waals surface area contributed by atoms with Crippen molar-refractivity contribution in [2.24, 2.45) is 0 Å². The minimum absolute atomic E-state index is 0.244. The minimum Gasteiger partial charge on any atom is -0.268 e. The normalized spacial score (nSPS) is 14.7. The predicted octanol–water partition coefficient (Wildman–Crippen LogP) is 8.58. The molecule has 0 spiro atoms. The molecule has 0 aliphatic rings. The van der Waals surface area contributed by atoms with Gasteiger partial charge in [0, 0.05) is 24.6 Å². The standard InChI is InChI=1S/C10H24B2I6P2/c1-5-19(6-2,11(13,14)15)9-10-20(7-3,8-4)12(16,17)18/h5-10H2,1-4H3. The van der Waals surface area contributed by atoms with E-state index in [0.717, 1.165) is 0 Å². The van der Waals surface area contributed by atoms with E-state index in [4.69, 9.17) is 0 Å². The minimum atomic E-state index is -0.784. The summed E-state index contributed by atoms with van der Waals surface area (Å²) in [7, 11) is -1.57. The second-order valence-corrected chi connectivity index (χ2v) is 46.5. The van der Waals surface area contributed by atoms with Crippen LogP contribution in [0.3, 0.4) is 0 Å². The van der Waals surface area contributed by atoms with Crippen LogP contribution in [0.25, 0.3) is 0 Å². The summed E-state index contributed by atoms with van der Waals surface area (Å²) in [5, 5.41) is 0. The molecule has 0 aromatic carbocycles. The van der Waals surface area contributed by atoms with Crippen LogP contribution in [0, 0.1) is 0 Å². The maximum Gasteiger partial charge on any atom is 0.333 e. The van der Waals surface area contributed by atoms with E-state index in [0.29, 0.717) is 0 Å². The van der Waals surface area contributed by atoms with Crippen LogP contribution < -0.4 is 0 Å². The second-order valence-electron chi connectivity index (χ2n) is 5.23. The molecule has 0 fully saturated rings. The Morgan fingerprint density at radius 2 is 0.750 bits per heavy atom. The summed E-state index contributed by atoms with van der Waals surface area (Å²) in [6.45, 7) is 9.83. The zero-order valence-corrected chi connectivity index (χ0v) is 27.3. The van der Waals surface area contributed by atoms with Crippen LogP contribution >= 0.6 is 149 Å². The van der Waals surface area contributed by atoms with E-state index < -0.39 is 14.3 Å². The average molecular weight is 989 g/mol. The molecule has 0 saturated carbocycles. The van der Waals surface area contributed by atoms with E-state index in [2.05, 4.69) is 162 Å². The molecule has 0 nitrogen and oxygen atoms in total. The Morgan fingerprint density at radius 1 is 0.550 bits per heavy atom. The molecule has 0 aromatic rings. The molecule has 0 amide bonds. The summed E-state index contributed by atoms with van der Waals surface area (Å²) in [4.78, 5) is 0. The van der Waals surface area contributed by atoms with Crippen molar-refractivity contribution in [3.63, 3.8) is 0 Å². The molecule has 10 heteroatoms. The lowest BCUT2D eigenvalue weighted by molar-refractivity contribution is 1.30. The van der Waals surface area contributed by atoms with Crippen molar-refractivity contribution in [1.82, 2.24) is 0 Å². The molecule has 122 valence electrons. The molecule has 0 radical (unpaired) electrons. The first kappa shape index (κ1) is 25.4. The van der Waals surface area contributed by atoms with Gasteiger partial charge in [0.1, 0.15) is 0 Å². The van der Waals surface area contributed by atoms with Crippen molar-refractivity contribution in [1.29, 1.82) is 0 Å². The summed E-state index contributed by atoms with van der Waals surface area (Å²) >= 11 is 16.7. The molecule has 0 unspecified atom stereocenters. The highest BCUT2D eigenvalue weighted by Crippen LogP contribution is 2.79. The highest BCUT2D eigenvalue weighted by Gasteiger charge is 2.50. The molecule has 0 atom stereocenters. The molecule has 0 heterocycles. The highest BCUT2D eigenvalue weighted by atomic mass is 127. The average Bonchev–Trinajstić information content (AvgIpc) is 2.32. The third-order valence-electron chi connectivity index (χ3n) is 4.75. The van der Waals surface area contributed by atoms with E-state index in [-0.39, 0.29) is -1.13 Å². The Hall–Kier alpha value is 5.37. The first-order valence-corrected chi connectivity index (χ1v) is 19.4. The Kier molecular flexibility index (Phi) is 13.5. The number of hydrogen-bond acceptors (Lipinski definition) is 0. The summed E-state index contributed by atoms with van der Waals surface area (Å²) < 4.78 is -0.487. The molecule has 0 aliphatic carbocycles. The van der Waals surface area contributed by atoms with Crippen molar-refractivity contribution in [3.8, 4) is 0 Å². The molecule has 0 N–H and O–H groups in total. The monoisotopic (exact) mass is 990 g/mol. The topological polar surface area (TPSA) is 0 Å². The van der Waals surface area contributed by atoms with Crippen LogP contribution in [-0.2, 0) is 0 Å². The summed E-state index contributed by atoms with van der Waals surface area (Å²) in [6, 6.07) is 0. The zero-order valence-electron chi connectivity index (χ0n) is 12.6. The zero-order chi connectivity index (χ0) is 16.2. The quantitative estimate of drug-likeness (QED) is 0.124. The van der Waals surface area contributed by atoms with Crippen LogP contribution in [0.1, 0.15) is 27.7 Å². The van der Waals surface area contributed by atoms with Gasteiger partial charge < -0.3 is 0 Å². The Morgan fingerprint density at radius 3 is 0.850 bits per heavy atom. The second kappa shape index (κ2) is 10.6. The molecule has 0 bridgehead atoms. The van der Waals surface area contributed by atoms with E-state index in [9.17, 15) is 0 Å². The molecule has 0 aliphatic heterocycles. The summed E-state index contributed by atoms with van der Waals surface area (Å²) in [5.41, 5.74) is 0. The number of halogens is 6. The van der Waals surface area contributed by atoms with Gasteiger partial charge in [0.2, 0.25) is 0 Å². The van der Waals surface area contributed by atoms with Crippen LogP contribution in [0.5, 0.6) is 0 Å². The highest BCUT2D eigenvalue weighted by molar-refractivity contribution is 14.4. The molecular formula is C10H24B2I6P2. The van der Waals surface area contributed by atoms with Gasteiger partial charge in [-0.2, -0.15) is 0 Å². The third kappa shape index (κ3) is 6.51. The Bertz CT molecular complexity index is 267. The third-order valence-corrected chi connectivity index (χ3v) is 36.1. The van der Waals surface area contributed by atoms with Crippen LogP contribution in [0.4, 0.5) is 0 Å². The first-order valence-electron chi connectivity index (χ1n) is 7.05. The van der Waals surface area contributed by atoms with Crippen molar-refractivity contribution in [2.45, 2.75) is 27.7 Å².